The number of fused-ring (bicyclic) bond motifs is 5. The lowest BCUT2D eigenvalue weighted by molar-refractivity contribution is -0.156. The fourth-order valence-electron chi connectivity index (χ4n) is 7.78. The maximum absolute atomic E-state index is 11.6. The number of carbonyl (C=O) groups excluding carboxylic acids is 1. The van der Waals surface area contributed by atoms with Gasteiger partial charge >= 0.3 is 5.97 Å². The Hall–Kier alpha value is -0.790. The SMILES string of the molecule is CC(=O)O[C@H]1CC[C@@]2(C)C(=CC[C@H]3[C@@H]4CCC[C@@]4(C)CC[C@@H]32)C1(C)C. The van der Waals surface area contributed by atoms with Crippen LogP contribution in [0, 0.1) is 34.0 Å². The van der Waals surface area contributed by atoms with Crippen molar-refractivity contribution in [3.05, 3.63) is 11.6 Å². The Balaban J connectivity index is 1.68. The average molecular weight is 345 g/mol. The lowest BCUT2D eigenvalue weighted by Crippen LogP contribution is -2.54. The molecule has 2 nitrogen and oxygen atoms in total. The van der Waals surface area contributed by atoms with Crippen molar-refractivity contribution >= 4 is 5.97 Å². The first kappa shape index (κ1) is 17.6. The molecule has 3 saturated carbocycles. The van der Waals surface area contributed by atoms with Crippen molar-refractivity contribution in [2.45, 2.75) is 92.1 Å². The van der Waals surface area contributed by atoms with E-state index in [4.69, 9.17) is 4.74 Å². The highest BCUT2D eigenvalue weighted by Gasteiger charge is 2.59. The number of rotatable bonds is 1. The largest absolute Gasteiger partial charge is 0.462 e. The summed E-state index contributed by atoms with van der Waals surface area (Å²) in [5.41, 5.74) is 2.50. The van der Waals surface area contributed by atoms with Gasteiger partial charge in [-0.2, -0.15) is 0 Å². The van der Waals surface area contributed by atoms with Gasteiger partial charge in [0.1, 0.15) is 6.10 Å². The number of hydrogen-bond donors (Lipinski definition) is 0. The molecule has 4 aliphatic carbocycles. The van der Waals surface area contributed by atoms with E-state index >= 15 is 0 Å². The molecule has 0 heterocycles. The van der Waals surface area contributed by atoms with E-state index in [9.17, 15) is 4.79 Å². The Morgan fingerprint density at radius 1 is 1.04 bits per heavy atom. The molecule has 0 unspecified atom stereocenters. The van der Waals surface area contributed by atoms with Gasteiger partial charge in [0.25, 0.3) is 0 Å². The molecule has 0 amide bonds. The van der Waals surface area contributed by atoms with E-state index in [0.717, 1.165) is 24.2 Å². The van der Waals surface area contributed by atoms with Gasteiger partial charge in [-0.3, -0.25) is 4.79 Å². The highest BCUT2D eigenvalue weighted by atomic mass is 16.5. The quantitative estimate of drug-likeness (QED) is 0.437. The van der Waals surface area contributed by atoms with Crippen LogP contribution >= 0.6 is 0 Å². The van der Waals surface area contributed by atoms with Crippen LogP contribution in [0.2, 0.25) is 0 Å². The number of hydrogen-bond acceptors (Lipinski definition) is 2. The lowest BCUT2D eigenvalue weighted by atomic mass is 9.45. The fraction of sp³-hybridized carbons (Fsp3) is 0.870. The van der Waals surface area contributed by atoms with Crippen LogP contribution in [0.5, 0.6) is 0 Å². The third kappa shape index (κ3) is 2.46. The monoisotopic (exact) mass is 344 g/mol. The van der Waals surface area contributed by atoms with E-state index in [2.05, 4.69) is 33.8 Å². The Morgan fingerprint density at radius 3 is 2.52 bits per heavy atom. The zero-order valence-electron chi connectivity index (χ0n) is 16.9. The van der Waals surface area contributed by atoms with Crippen molar-refractivity contribution in [3.8, 4) is 0 Å². The smallest absolute Gasteiger partial charge is 0.302 e. The minimum absolute atomic E-state index is 0.0277. The van der Waals surface area contributed by atoms with Gasteiger partial charge in [0.2, 0.25) is 0 Å². The Bertz CT molecular complexity index is 603. The molecule has 2 heteroatoms. The van der Waals surface area contributed by atoms with E-state index in [-0.39, 0.29) is 17.5 Å². The molecule has 0 aliphatic heterocycles. The Kier molecular flexibility index (Phi) is 3.95. The van der Waals surface area contributed by atoms with Crippen LogP contribution in [-0.2, 0) is 9.53 Å². The van der Waals surface area contributed by atoms with E-state index in [1.54, 1.807) is 12.5 Å². The van der Waals surface area contributed by atoms with Gasteiger partial charge < -0.3 is 4.74 Å². The second-order valence-corrected chi connectivity index (χ2v) is 10.6. The molecule has 0 aromatic carbocycles. The summed E-state index contributed by atoms with van der Waals surface area (Å²) < 4.78 is 5.74. The first-order chi connectivity index (χ1) is 11.7. The molecule has 0 N–H and O–H groups in total. The van der Waals surface area contributed by atoms with Gasteiger partial charge in [0.15, 0.2) is 0 Å². The predicted molar refractivity (Wildman–Crippen MR) is 101 cm³/mol. The van der Waals surface area contributed by atoms with E-state index in [1.807, 2.05) is 0 Å². The number of esters is 1. The molecule has 0 spiro atoms. The second kappa shape index (κ2) is 5.60. The summed E-state index contributed by atoms with van der Waals surface area (Å²) in [5.74, 6) is 2.53. The summed E-state index contributed by atoms with van der Waals surface area (Å²) in [5, 5.41) is 0. The van der Waals surface area contributed by atoms with Crippen molar-refractivity contribution in [2.24, 2.45) is 34.0 Å². The summed E-state index contributed by atoms with van der Waals surface area (Å²) in [6.07, 6.45) is 13.3. The number of carbonyl (C=O) groups is 1. The van der Waals surface area contributed by atoms with E-state index in [0.29, 0.717) is 10.8 Å². The standard InChI is InChI=1S/C23H36O2/c1-15(24)25-20-11-14-23(5)18-10-13-22(4)12-6-7-17(22)16(18)8-9-19(23)21(20,2)3/h9,16-18,20H,6-8,10-14H2,1-5H3/t16-,17-,18-,20-,22-,23+/m0/s1. The number of allylic oxidation sites excluding steroid dienone is 1. The van der Waals surface area contributed by atoms with Gasteiger partial charge in [-0.15, -0.1) is 0 Å². The van der Waals surface area contributed by atoms with Gasteiger partial charge in [0, 0.05) is 12.3 Å². The van der Waals surface area contributed by atoms with Crippen LogP contribution in [0.3, 0.4) is 0 Å². The molecule has 0 bridgehead atoms. The van der Waals surface area contributed by atoms with Gasteiger partial charge in [-0.05, 0) is 73.5 Å². The van der Waals surface area contributed by atoms with E-state index in [1.165, 1.54) is 44.9 Å². The summed E-state index contributed by atoms with van der Waals surface area (Å²) in [4.78, 5) is 11.6. The highest BCUT2D eigenvalue weighted by Crippen LogP contribution is 2.67. The minimum Gasteiger partial charge on any atom is -0.462 e. The van der Waals surface area contributed by atoms with Crippen molar-refractivity contribution in [3.63, 3.8) is 0 Å². The van der Waals surface area contributed by atoms with Crippen LogP contribution in [0.15, 0.2) is 11.6 Å². The van der Waals surface area contributed by atoms with Crippen LogP contribution in [0.1, 0.15) is 86.0 Å². The number of ether oxygens (including phenoxy) is 1. The summed E-state index contributed by atoms with van der Waals surface area (Å²) in [6.45, 7) is 11.3. The average Bonchev–Trinajstić information content (AvgIpc) is 2.92. The molecule has 4 aliphatic rings. The molecule has 6 atom stereocenters. The van der Waals surface area contributed by atoms with Crippen molar-refractivity contribution in [1.29, 1.82) is 0 Å². The molecular formula is C23H36O2. The van der Waals surface area contributed by atoms with Gasteiger partial charge in [-0.25, -0.2) is 0 Å². The predicted octanol–water partition coefficient (Wildman–Crippen LogP) is 5.91. The van der Waals surface area contributed by atoms with Crippen LogP contribution in [0.4, 0.5) is 0 Å². The van der Waals surface area contributed by atoms with Gasteiger partial charge in [-0.1, -0.05) is 45.8 Å². The zero-order chi connectivity index (χ0) is 18.0. The summed E-state index contributed by atoms with van der Waals surface area (Å²) in [6, 6.07) is 0. The third-order valence-corrected chi connectivity index (χ3v) is 8.98. The van der Waals surface area contributed by atoms with E-state index < -0.39 is 0 Å². The minimum atomic E-state index is -0.129. The highest BCUT2D eigenvalue weighted by molar-refractivity contribution is 5.66. The Labute approximate surface area is 153 Å². The molecule has 3 fully saturated rings. The molecule has 0 radical (unpaired) electrons. The van der Waals surface area contributed by atoms with Crippen molar-refractivity contribution < 1.29 is 9.53 Å². The maximum Gasteiger partial charge on any atom is 0.302 e. The normalized spacial score (nSPS) is 48.0. The summed E-state index contributed by atoms with van der Waals surface area (Å²) in [7, 11) is 0. The van der Waals surface area contributed by atoms with Crippen LogP contribution in [0.25, 0.3) is 0 Å². The molecule has 0 aromatic heterocycles. The van der Waals surface area contributed by atoms with Crippen LogP contribution < -0.4 is 0 Å². The molecule has 0 saturated heterocycles. The van der Waals surface area contributed by atoms with Crippen molar-refractivity contribution in [2.75, 3.05) is 0 Å². The summed E-state index contributed by atoms with van der Waals surface area (Å²) >= 11 is 0. The Morgan fingerprint density at radius 2 is 1.80 bits per heavy atom. The lowest BCUT2D eigenvalue weighted by Gasteiger charge is -2.60. The molecule has 140 valence electrons. The van der Waals surface area contributed by atoms with Crippen LogP contribution in [-0.4, -0.2) is 12.1 Å². The first-order valence-corrected chi connectivity index (χ1v) is 10.6. The second-order valence-electron chi connectivity index (χ2n) is 10.6. The molecule has 4 rings (SSSR count). The topological polar surface area (TPSA) is 26.3 Å². The maximum atomic E-state index is 11.6. The molecule has 25 heavy (non-hydrogen) atoms. The van der Waals surface area contributed by atoms with Crippen molar-refractivity contribution in [1.82, 2.24) is 0 Å². The molecular weight excluding hydrogens is 308 g/mol. The van der Waals surface area contributed by atoms with Gasteiger partial charge in [0.05, 0.1) is 0 Å². The zero-order valence-corrected chi connectivity index (χ0v) is 16.9. The third-order valence-electron chi connectivity index (χ3n) is 8.98. The first-order valence-electron chi connectivity index (χ1n) is 10.6. The fourth-order valence-corrected chi connectivity index (χ4v) is 7.78. The molecule has 0 aromatic rings.